The van der Waals surface area contributed by atoms with Crippen molar-refractivity contribution in [3.63, 3.8) is 0 Å². The van der Waals surface area contributed by atoms with Crippen molar-refractivity contribution in [1.82, 2.24) is 5.32 Å². The van der Waals surface area contributed by atoms with Gasteiger partial charge in [-0.1, -0.05) is 0 Å². The van der Waals surface area contributed by atoms with Crippen LogP contribution in [0.4, 0.5) is 0 Å². The third-order valence-electron chi connectivity index (χ3n) is 0.650. The fourth-order valence-electron chi connectivity index (χ4n) is 0.345. The average Bonchev–Trinajstić information content (AvgIpc) is 1.63. The van der Waals surface area contributed by atoms with Crippen molar-refractivity contribution in [2.75, 3.05) is 19.5 Å². The van der Waals surface area contributed by atoms with Crippen LogP contribution in [0.1, 0.15) is 0 Å². The fraction of sp³-hybridized carbons (Fsp3) is 0.750. The number of hydrogen-bond acceptors (Lipinski definition) is 3. The molecule has 1 atom stereocenters. The first-order valence-electron chi connectivity index (χ1n) is 2.55. The Labute approximate surface area is 54.0 Å². The second kappa shape index (κ2) is 4.53. The van der Waals surface area contributed by atoms with E-state index < -0.39 is 13.8 Å². The molecule has 0 saturated carbocycles. The Morgan fingerprint density at radius 1 is 1.78 bits per heavy atom. The van der Waals surface area contributed by atoms with Crippen LogP contribution < -0.4 is 5.32 Å². The Balaban J connectivity index is 3.10. The molecule has 0 aliphatic rings. The third-order valence-corrected chi connectivity index (χ3v) is 1.40. The second-order valence-electron chi connectivity index (χ2n) is 1.70. The molecule has 0 aliphatic carbocycles. The van der Waals surface area contributed by atoms with E-state index in [1.807, 2.05) is 0 Å². The van der Waals surface area contributed by atoms with Crippen LogP contribution in [0.2, 0.25) is 0 Å². The zero-order valence-electron chi connectivity index (χ0n) is 5.18. The standard InChI is InChI=1S/C4H10NO3P/c1-9(8)3-5-2-4(6)7/h5,9H,2-3H2,1H3,(H,6,7). The Bertz CT molecular complexity index is 111. The van der Waals surface area contributed by atoms with E-state index in [2.05, 4.69) is 5.32 Å². The van der Waals surface area contributed by atoms with Crippen molar-refractivity contribution in [3.05, 3.63) is 0 Å². The highest BCUT2D eigenvalue weighted by atomic mass is 31.1. The molecule has 2 N–H and O–H groups in total. The molecule has 0 rings (SSSR count). The smallest absolute Gasteiger partial charge is 0.317 e. The highest BCUT2D eigenvalue weighted by molar-refractivity contribution is 7.43. The summed E-state index contributed by atoms with van der Waals surface area (Å²) in [4.78, 5) is 9.83. The number of carboxylic acid groups (broad SMARTS) is 1. The molecular formula is C4H10NO3P. The van der Waals surface area contributed by atoms with E-state index in [1.54, 1.807) is 6.66 Å². The van der Waals surface area contributed by atoms with Crippen LogP contribution in [0.25, 0.3) is 0 Å². The average molecular weight is 151 g/mol. The molecule has 0 amide bonds. The zero-order chi connectivity index (χ0) is 7.28. The lowest BCUT2D eigenvalue weighted by Gasteiger charge is -1.95. The lowest BCUT2D eigenvalue weighted by Crippen LogP contribution is -2.21. The van der Waals surface area contributed by atoms with Gasteiger partial charge in [0, 0.05) is 6.29 Å². The van der Waals surface area contributed by atoms with Crippen LogP contribution in [0.15, 0.2) is 0 Å². The summed E-state index contributed by atoms with van der Waals surface area (Å²) in [5, 5.41) is 10.6. The van der Waals surface area contributed by atoms with Crippen molar-refractivity contribution in [2.45, 2.75) is 0 Å². The van der Waals surface area contributed by atoms with Gasteiger partial charge in [-0.3, -0.25) is 4.79 Å². The minimum Gasteiger partial charge on any atom is -0.480 e. The minimum absolute atomic E-state index is 0.107. The maximum atomic E-state index is 10.4. The van der Waals surface area contributed by atoms with Crippen LogP contribution in [-0.4, -0.2) is 30.6 Å². The van der Waals surface area contributed by atoms with Crippen molar-refractivity contribution >= 4 is 13.8 Å². The zero-order valence-corrected chi connectivity index (χ0v) is 6.18. The first-order chi connectivity index (χ1) is 4.13. The number of carboxylic acids is 1. The molecule has 0 aromatic heterocycles. The summed E-state index contributed by atoms with van der Waals surface area (Å²) in [6.07, 6.45) is 0.316. The van der Waals surface area contributed by atoms with E-state index >= 15 is 0 Å². The van der Waals surface area contributed by atoms with Crippen LogP contribution in [-0.2, 0) is 9.36 Å². The van der Waals surface area contributed by atoms with Gasteiger partial charge in [-0.15, -0.1) is 0 Å². The molecule has 0 aliphatic heterocycles. The van der Waals surface area contributed by atoms with Crippen molar-refractivity contribution in [3.8, 4) is 0 Å². The lowest BCUT2D eigenvalue weighted by atomic mass is 10.7. The van der Waals surface area contributed by atoms with E-state index in [9.17, 15) is 9.36 Å². The molecule has 5 heteroatoms. The van der Waals surface area contributed by atoms with Gasteiger partial charge in [0.15, 0.2) is 0 Å². The summed E-state index contributed by atoms with van der Waals surface area (Å²) in [6.45, 7) is 1.48. The Hall–Kier alpha value is -0.340. The Kier molecular flexibility index (Phi) is 4.36. The van der Waals surface area contributed by atoms with E-state index in [1.165, 1.54) is 0 Å². The van der Waals surface area contributed by atoms with Gasteiger partial charge in [-0.2, -0.15) is 0 Å². The summed E-state index contributed by atoms with van der Waals surface area (Å²) in [5.74, 6) is -0.918. The lowest BCUT2D eigenvalue weighted by molar-refractivity contribution is -0.135. The molecule has 1 unspecified atom stereocenters. The predicted molar refractivity (Wildman–Crippen MR) is 35.4 cm³/mol. The molecule has 0 aromatic rings. The molecule has 54 valence electrons. The molecule has 0 aromatic carbocycles. The van der Waals surface area contributed by atoms with Crippen LogP contribution in [0, 0.1) is 0 Å². The highest BCUT2D eigenvalue weighted by Gasteiger charge is 1.94. The van der Waals surface area contributed by atoms with Gasteiger partial charge in [-0.05, 0) is 6.66 Å². The monoisotopic (exact) mass is 151 g/mol. The molecule has 0 fully saturated rings. The van der Waals surface area contributed by atoms with Crippen molar-refractivity contribution in [2.24, 2.45) is 0 Å². The van der Waals surface area contributed by atoms with Gasteiger partial charge < -0.3 is 15.0 Å². The van der Waals surface area contributed by atoms with E-state index in [4.69, 9.17) is 5.11 Å². The number of aliphatic carboxylic acids is 1. The first-order valence-corrected chi connectivity index (χ1v) is 4.66. The van der Waals surface area contributed by atoms with Crippen molar-refractivity contribution in [1.29, 1.82) is 0 Å². The van der Waals surface area contributed by atoms with Gasteiger partial charge in [0.05, 0.1) is 14.3 Å². The summed E-state index contributed by atoms with van der Waals surface area (Å²) in [7, 11) is -1.55. The minimum atomic E-state index is -1.55. The van der Waals surface area contributed by atoms with E-state index in [0.29, 0.717) is 6.29 Å². The van der Waals surface area contributed by atoms with Gasteiger partial charge in [0.25, 0.3) is 0 Å². The first kappa shape index (κ1) is 8.66. The quantitative estimate of drug-likeness (QED) is 0.546. The van der Waals surface area contributed by atoms with Crippen LogP contribution >= 0.6 is 7.80 Å². The molecule has 4 nitrogen and oxygen atoms in total. The van der Waals surface area contributed by atoms with Crippen molar-refractivity contribution < 1.29 is 14.5 Å². The van der Waals surface area contributed by atoms with E-state index in [-0.39, 0.29) is 6.54 Å². The summed E-state index contributed by atoms with van der Waals surface area (Å²) < 4.78 is 10.4. The predicted octanol–water partition coefficient (Wildman–Crippen LogP) is -0.192. The maximum absolute atomic E-state index is 10.4. The highest BCUT2D eigenvalue weighted by Crippen LogP contribution is 2.08. The molecule has 0 saturated heterocycles. The van der Waals surface area contributed by atoms with Crippen LogP contribution in [0.3, 0.4) is 0 Å². The largest absolute Gasteiger partial charge is 0.480 e. The normalized spacial score (nSPS) is 13.0. The maximum Gasteiger partial charge on any atom is 0.317 e. The molecular weight excluding hydrogens is 141 g/mol. The molecule has 0 radical (unpaired) electrons. The summed E-state index contributed by atoms with van der Waals surface area (Å²) in [6, 6.07) is 0. The van der Waals surface area contributed by atoms with Crippen LogP contribution in [0.5, 0.6) is 0 Å². The number of nitrogens with one attached hydrogen (secondary N) is 1. The third kappa shape index (κ3) is 7.66. The van der Waals surface area contributed by atoms with Gasteiger partial charge in [0.1, 0.15) is 0 Å². The van der Waals surface area contributed by atoms with Gasteiger partial charge >= 0.3 is 5.97 Å². The van der Waals surface area contributed by atoms with Gasteiger partial charge in [-0.25, -0.2) is 0 Å². The van der Waals surface area contributed by atoms with E-state index in [0.717, 1.165) is 0 Å². The SMILES string of the molecule is C[PH](=O)CNCC(=O)O. The number of rotatable bonds is 4. The summed E-state index contributed by atoms with van der Waals surface area (Å²) >= 11 is 0. The molecule has 0 bridgehead atoms. The Morgan fingerprint density at radius 3 is 2.67 bits per heavy atom. The molecule has 0 heterocycles. The number of carbonyl (C=O) groups is 1. The second-order valence-corrected chi connectivity index (χ2v) is 3.46. The Morgan fingerprint density at radius 2 is 2.33 bits per heavy atom. The summed E-state index contributed by atoms with van der Waals surface area (Å²) in [5.41, 5.74) is 0. The molecule has 0 spiro atoms. The fourth-order valence-corrected chi connectivity index (χ4v) is 0.823. The number of hydrogen-bond donors (Lipinski definition) is 2. The molecule has 9 heavy (non-hydrogen) atoms. The van der Waals surface area contributed by atoms with Gasteiger partial charge in [0.2, 0.25) is 0 Å². The topological polar surface area (TPSA) is 66.4 Å².